The quantitative estimate of drug-likeness (QED) is 0.304. The molecule has 0 saturated carbocycles. The van der Waals surface area contributed by atoms with Gasteiger partial charge < -0.3 is 14.6 Å². The molecule has 1 heterocycles. The van der Waals surface area contributed by atoms with Crippen LogP contribution >= 0.6 is 0 Å². The van der Waals surface area contributed by atoms with E-state index in [-0.39, 0.29) is 6.61 Å². The summed E-state index contributed by atoms with van der Waals surface area (Å²) in [5, 5.41) is 8.82. The van der Waals surface area contributed by atoms with E-state index in [2.05, 4.69) is 66.2 Å². The maximum atomic E-state index is 10.8. The van der Waals surface area contributed by atoms with Crippen molar-refractivity contribution in [3.63, 3.8) is 0 Å². The van der Waals surface area contributed by atoms with Gasteiger partial charge in [0.15, 0.2) is 6.61 Å². The second kappa shape index (κ2) is 12.2. The van der Waals surface area contributed by atoms with E-state index >= 15 is 0 Å². The second-order valence-electron chi connectivity index (χ2n) is 8.45. The summed E-state index contributed by atoms with van der Waals surface area (Å²) in [6.07, 6.45) is 3.79. The Morgan fingerprint density at radius 2 is 1.62 bits per heavy atom. The van der Waals surface area contributed by atoms with Gasteiger partial charge in [-0.3, -0.25) is 0 Å². The third kappa shape index (κ3) is 7.33. The number of aryl methyl sites for hydroxylation is 2. The Morgan fingerprint density at radius 3 is 2.27 bits per heavy atom. The number of nitrogens with zero attached hydrogens (tertiary/aromatic N) is 1. The molecule has 0 bridgehead atoms. The lowest BCUT2D eigenvalue weighted by Crippen LogP contribution is -2.10. The van der Waals surface area contributed by atoms with Crippen LogP contribution in [0.5, 0.6) is 11.5 Å². The van der Waals surface area contributed by atoms with Gasteiger partial charge in [-0.2, -0.15) is 0 Å². The third-order valence-corrected chi connectivity index (χ3v) is 5.59. The Balaban J connectivity index is 1.52. The highest BCUT2D eigenvalue weighted by Crippen LogP contribution is 2.26. The van der Waals surface area contributed by atoms with Crippen molar-refractivity contribution in [1.29, 1.82) is 0 Å². The van der Waals surface area contributed by atoms with Gasteiger partial charge in [0.2, 0.25) is 0 Å². The minimum absolute atomic E-state index is 0.360. The van der Waals surface area contributed by atoms with Crippen LogP contribution in [0.1, 0.15) is 33.5 Å². The average Bonchev–Trinajstić information content (AvgIpc) is 2.91. The molecule has 0 saturated heterocycles. The van der Waals surface area contributed by atoms with Gasteiger partial charge in [0, 0.05) is 11.8 Å². The van der Waals surface area contributed by atoms with Gasteiger partial charge in [-0.25, -0.2) is 9.78 Å². The molecule has 1 N–H and O–H groups in total. The molecule has 5 nitrogen and oxygen atoms in total. The summed E-state index contributed by atoms with van der Waals surface area (Å²) in [7, 11) is 0. The lowest BCUT2D eigenvalue weighted by Gasteiger charge is -2.12. The summed E-state index contributed by atoms with van der Waals surface area (Å²) in [6.45, 7) is 3.91. The van der Waals surface area contributed by atoms with Crippen LogP contribution in [-0.4, -0.2) is 29.3 Å². The van der Waals surface area contributed by atoms with Crippen LogP contribution in [0.4, 0.5) is 0 Å². The van der Waals surface area contributed by atoms with Crippen molar-refractivity contribution in [2.24, 2.45) is 0 Å². The number of aliphatic carboxylic acids is 1. The summed E-state index contributed by atoms with van der Waals surface area (Å²) in [5.41, 5.74) is 6.86. The Morgan fingerprint density at radius 1 is 0.892 bits per heavy atom. The van der Waals surface area contributed by atoms with Crippen LogP contribution in [0.3, 0.4) is 0 Å². The number of pyridine rings is 1. The van der Waals surface area contributed by atoms with E-state index in [0.717, 1.165) is 33.5 Å². The summed E-state index contributed by atoms with van der Waals surface area (Å²) in [6, 6.07) is 27.6. The molecule has 0 spiro atoms. The molecular formula is C32H27NO4. The first-order valence-corrected chi connectivity index (χ1v) is 11.9. The molecule has 0 aliphatic rings. The van der Waals surface area contributed by atoms with Crippen molar-refractivity contribution in [2.75, 3.05) is 13.2 Å². The number of hydrogen-bond acceptors (Lipinski definition) is 4. The third-order valence-electron chi connectivity index (χ3n) is 5.59. The molecule has 3 aromatic carbocycles. The first kappa shape index (κ1) is 25.3. The van der Waals surface area contributed by atoms with E-state index in [0.29, 0.717) is 18.1 Å². The Bertz CT molecular complexity index is 1450. The number of carboxylic acids is 1. The summed E-state index contributed by atoms with van der Waals surface area (Å²) < 4.78 is 11.3. The largest absolute Gasteiger partial charge is 0.489 e. The number of benzene rings is 3. The van der Waals surface area contributed by atoms with Crippen LogP contribution in [-0.2, 0) is 4.79 Å². The second-order valence-corrected chi connectivity index (χ2v) is 8.45. The molecule has 0 atom stereocenters. The summed E-state index contributed by atoms with van der Waals surface area (Å²) in [4.78, 5) is 15.0. The highest BCUT2D eigenvalue weighted by atomic mass is 16.5. The Hall–Kier alpha value is -4.82. The van der Waals surface area contributed by atoms with Gasteiger partial charge in [-0.15, -0.1) is 0 Å². The maximum Gasteiger partial charge on any atom is 0.341 e. The van der Waals surface area contributed by atoms with Crippen LogP contribution in [0.2, 0.25) is 0 Å². The predicted octanol–water partition coefficient (Wildman–Crippen LogP) is 6.07. The number of carbonyl (C=O) groups is 1. The molecule has 0 aliphatic heterocycles. The van der Waals surface area contributed by atoms with Crippen molar-refractivity contribution < 1.29 is 19.4 Å². The number of aromatic nitrogens is 1. The fourth-order valence-corrected chi connectivity index (χ4v) is 3.68. The molecular weight excluding hydrogens is 462 g/mol. The highest BCUT2D eigenvalue weighted by Gasteiger charge is 2.07. The zero-order valence-electron chi connectivity index (χ0n) is 20.8. The van der Waals surface area contributed by atoms with E-state index in [9.17, 15) is 4.79 Å². The minimum atomic E-state index is -1.01. The highest BCUT2D eigenvalue weighted by molar-refractivity contribution is 5.80. The molecule has 184 valence electrons. The van der Waals surface area contributed by atoms with Crippen molar-refractivity contribution in [3.05, 3.63) is 131 Å². The van der Waals surface area contributed by atoms with E-state index in [4.69, 9.17) is 14.6 Å². The first-order chi connectivity index (χ1) is 18.0. The van der Waals surface area contributed by atoms with Gasteiger partial charge in [-0.05, 0) is 90.6 Å². The van der Waals surface area contributed by atoms with E-state index < -0.39 is 5.97 Å². The zero-order chi connectivity index (χ0) is 26.0. The molecule has 0 unspecified atom stereocenters. The van der Waals surface area contributed by atoms with Gasteiger partial charge in [0.05, 0.1) is 0 Å². The van der Waals surface area contributed by atoms with Gasteiger partial charge in [0.25, 0.3) is 0 Å². The molecule has 0 amide bonds. The minimum Gasteiger partial charge on any atom is -0.489 e. The van der Waals surface area contributed by atoms with E-state index in [1.807, 2.05) is 43.3 Å². The number of rotatable bonds is 8. The molecule has 4 aromatic rings. The van der Waals surface area contributed by atoms with Crippen LogP contribution in [0.15, 0.2) is 97.2 Å². The number of hydrogen-bond donors (Lipinski definition) is 1. The smallest absolute Gasteiger partial charge is 0.341 e. The molecule has 5 heteroatoms. The molecule has 0 aliphatic carbocycles. The van der Waals surface area contributed by atoms with Gasteiger partial charge in [-0.1, -0.05) is 53.9 Å². The normalized spacial score (nSPS) is 10.8. The molecule has 4 rings (SSSR count). The number of ether oxygens (including phenoxy) is 2. The zero-order valence-corrected chi connectivity index (χ0v) is 20.8. The predicted molar refractivity (Wildman–Crippen MR) is 145 cm³/mol. The Labute approximate surface area is 217 Å². The fraction of sp³-hybridized carbons (Fsp3) is 0.125. The lowest BCUT2D eigenvalue weighted by molar-refractivity contribution is -0.139. The molecule has 0 fully saturated rings. The SMILES string of the molecule is Cc1ccc(C(=CCOc2ccc(OCC(=O)O)c(C)c2)c2ccc(C#Cc3ccccn3)cc2)cc1. The first-order valence-electron chi connectivity index (χ1n) is 11.9. The molecule has 37 heavy (non-hydrogen) atoms. The summed E-state index contributed by atoms with van der Waals surface area (Å²) >= 11 is 0. The van der Waals surface area contributed by atoms with E-state index in [1.165, 1.54) is 5.56 Å². The van der Waals surface area contributed by atoms with Crippen molar-refractivity contribution >= 4 is 11.5 Å². The lowest BCUT2D eigenvalue weighted by atomic mass is 9.96. The van der Waals surface area contributed by atoms with Crippen molar-refractivity contribution in [1.82, 2.24) is 4.98 Å². The van der Waals surface area contributed by atoms with Crippen LogP contribution < -0.4 is 9.47 Å². The molecule has 1 aromatic heterocycles. The van der Waals surface area contributed by atoms with Gasteiger partial charge in [0.1, 0.15) is 23.8 Å². The topological polar surface area (TPSA) is 68.7 Å². The van der Waals surface area contributed by atoms with Crippen molar-refractivity contribution in [2.45, 2.75) is 13.8 Å². The van der Waals surface area contributed by atoms with Crippen LogP contribution in [0, 0.1) is 25.7 Å². The summed E-state index contributed by atoms with van der Waals surface area (Å²) in [5.74, 6) is 6.45. The van der Waals surface area contributed by atoms with Crippen molar-refractivity contribution in [3.8, 4) is 23.3 Å². The standard InChI is InChI=1S/C32H27NO4/c1-23-6-11-26(12-7-23)30(18-20-36-29-16-17-31(24(2)21-29)37-22-32(34)35)27-13-8-25(9-14-27)10-15-28-5-3-4-19-33-28/h3-9,11-14,16-19,21H,20,22H2,1-2H3,(H,34,35). The average molecular weight is 490 g/mol. The number of carboxylic acid groups (broad SMARTS) is 1. The van der Waals surface area contributed by atoms with E-state index in [1.54, 1.807) is 18.3 Å². The monoisotopic (exact) mass is 489 g/mol. The van der Waals surface area contributed by atoms with Crippen LogP contribution in [0.25, 0.3) is 5.57 Å². The van der Waals surface area contributed by atoms with Gasteiger partial charge >= 0.3 is 5.97 Å². The maximum absolute atomic E-state index is 10.8. The molecule has 0 radical (unpaired) electrons. The Kier molecular flexibility index (Phi) is 8.36. The fourth-order valence-electron chi connectivity index (χ4n) is 3.68.